The first-order valence-electron chi connectivity index (χ1n) is 9.51. The fraction of sp³-hybridized carbons (Fsp3) is 0.286. The maximum Gasteiger partial charge on any atom is 0.275 e. The number of rotatable bonds is 6. The van der Waals surface area contributed by atoms with Gasteiger partial charge in [0, 0.05) is 23.7 Å². The fourth-order valence-electron chi connectivity index (χ4n) is 3.39. The van der Waals surface area contributed by atoms with Gasteiger partial charge in [-0.15, -0.1) is 6.42 Å². The van der Waals surface area contributed by atoms with Crippen molar-refractivity contribution in [2.45, 2.75) is 30.6 Å². The number of aromatic nitrogens is 2. The number of anilines is 1. The third kappa shape index (κ3) is 5.04. The number of nitrogens with one attached hydrogen (secondary N) is 1. The lowest BCUT2D eigenvalue weighted by atomic mass is 9.82. The topological polar surface area (TPSA) is 146 Å². The molecule has 2 aromatic rings. The predicted molar refractivity (Wildman–Crippen MR) is 119 cm³/mol. The normalized spacial score (nSPS) is 22.1. The summed E-state index contributed by atoms with van der Waals surface area (Å²) in [6.45, 7) is 3.04. The van der Waals surface area contributed by atoms with Crippen LogP contribution in [0.1, 0.15) is 36.3 Å². The summed E-state index contributed by atoms with van der Waals surface area (Å²) in [5, 5.41) is 2.44. The van der Waals surface area contributed by atoms with Gasteiger partial charge in [-0.1, -0.05) is 17.7 Å². The van der Waals surface area contributed by atoms with E-state index in [9.17, 15) is 18.4 Å². The highest BCUT2D eigenvalue weighted by Gasteiger charge is 2.47. The molecule has 1 aliphatic rings. The predicted octanol–water partition coefficient (Wildman–Crippen LogP) is 1.93. The number of carbonyl (C=O) groups is 2. The van der Waals surface area contributed by atoms with Crippen LogP contribution in [0, 0.1) is 24.0 Å². The first kappa shape index (κ1) is 23.9. The lowest BCUT2D eigenvalue weighted by Crippen LogP contribution is -2.48. The van der Waals surface area contributed by atoms with Gasteiger partial charge >= 0.3 is 0 Å². The molecule has 12 heteroatoms. The minimum atomic E-state index is -1.42. The summed E-state index contributed by atoms with van der Waals surface area (Å²) in [6.07, 6.45) is 7.39. The minimum Gasteiger partial charge on any atom is -0.463 e. The first-order valence-corrected chi connectivity index (χ1v) is 10.3. The Bertz CT molecular complexity index is 1180. The molecule has 1 aliphatic heterocycles. The third-order valence-corrected chi connectivity index (χ3v) is 6.02. The number of thioether (sulfide) groups is 1. The number of amidine groups is 1. The number of ether oxygens (including phenoxy) is 1. The number of amides is 2. The Labute approximate surface area is 192 Å². The minimum absolute atomic E-state index is 0.00159. The zero-order valence-corrected chi connectivity index (χ0v) is 18.5. The highest BCUT2D eigenvalue weighted by atomic mass is 32.2. The molecule has 2 amide bonds. The molecule has 0 bridgehead atoms. The molecule has 0 saturated carbocycles. The summed E-state index contributed by atoms with van der Waals surface area (Å²) in [7, 11) is 0. The molecule has 5 N–H and O–H groups in total. The number of benzene rings is 1. The third-order valence-electron chi connectivity index (χ3n) is 4.92. The number of nitrogens with two attached hydrogens (primary N) is 2. The molecule has 3 rings (SSSR count). The molecule has 0 unspecified atom stereocenters. The van der Waals surface area contributed by atoms with E-state index in [1.54, 1.807) is 6.92 Å². The average Bonchev–Trinajstić information content (AvgIpc) is 2.74. The maximum atomic E-state index is 14.8. The lowest BCUT2D eigenvalue weighted by molar-refractivity contribution is -0.120. The number of nitrogens with zero attached hydrogens (tertiary/aromatic N) is 3. The van der Waals surface area contributed by atoms with Gasteiger partial charge in [0.25, 0.3) is 5.91 Å². The van der Waals surface area contributed by atoms with Gasteiger partial charge < -0.3 is 21.5 Å². The number of hydrogen-bond donors (Lipinski definition) is 3. The second-order valence-corrected chi connectivity index (χ2v) is 9.13. The van der Waals surface area contributed by atoms with E-state index in [1.807, 2.05) is 0 Å². The van der Waals surface area contributed by atoms with Gasteiger partial charge in [-0.05, 0) is 19.9 Å². The summed E-state index contributed by atoms with van der Waals surface area (Å²) in [4.78, 5) is 36.6. The standard InChI is InChI=1S/C21H20F2N6O3S/c1-4-5-32-15-9-26-14(8-27-15)17(30)28-11-6-12(16(23)13(22)7-11)20(2)10-21(3,18(24)31)33-19(25)29-20/h1,6-9H,5,10H2,2-3H3,(H2,24,31)(H2,25,29)(H,28,30)/t20-,21+/m0/s1. The van der Waals surface area contributed by atoms with E-state index in [0.717, 1.165) is 24.0 Å². The van der Waals surface area contributed by atoms with Crippen molar-refractivity contribution in [2.75, 3.05) is 11.9 Å². The molecule has 2 atom stereocenters. The quantitative estimate of drug-likeness (QED) is 0.542. The van der Waals surface area contributed by atoms with Crippen LogP contribution in [0.4, 0.5) is 14.5 Å². The molecule has 0 saturated heterocycles. The van der Waals surface area contributed by atoms with Crippen LogP contribution in [0.2, 0.25) is 0 Å². The van der Waals surface area contributed by atoms with E-state index in [-0.39, 0.29) is 41.0 Å². The van der Waals surface area contributed by atoms with Crippen LogP contribution in [-0.4, -0.2) is 38.3 Å². The van der Waals surface area contributed by atoms with Gasteiger partial charge in [0.15, 0.2) is 23.4 Å². The van der Waals surface area contributed by atoms with Gasteiger partial charge in [0.1, 0.15) is 10.4 Å². The van der Waals surface area contributed by atoms with Crippen LogP contribution in [0.3, 0.4) is 0 Å². The van der Waals surface area contributed by atoms with E-state index in [4.69, 9.17) is 22.6 Å². The number of hydrogen-bond acceptors (Lipinski definition) is 8. The van der Waals surface area contributed by atoms with Crippen molar-refractivity contribution in [3.63, 3.8) is 0 Å². The van der Waals surface area contributed by atoms with Crippen LogP contribution >= 0.6 is 11.8 Å². The fourth-order valence-corrected chi connectivity index (χ4v) is 4.56. The maximum absolute atomic E-state index is 14.8. The van der Waals surface area contributed by atoms with Crippen molar-refractivity contribution >= 4 is 34.4 Å². The summed E-state index contributed by atoms with van der Waals surface area (Å²) >= 11 is 0.953. The smallest absolute Gasteiger partial charge is 0.275 e. The van der Waals surface area contributed by atoms with Crippen LogP contribution in [0.5, 0.6) is 5.88 Å². The summed E-state index contributed by atoms with van der Waals surface area (Å²) in [5.74, 6) is -1.41. The van der Waals surface area contributed by atoms with Gasteiger partial charge in [-0.3, -0.25) is 14.6 Å². The molecule has 0 spiro atoms. The van der Waals surface area contributed by atoms with Gasteiger partial charge in [0.05, 0.1) is 17.9 Å². The van der Waals surface area contributed by atoms with Gasteiger partial charge in [-0.25, -0.2) is 18.7 Å². The first-order chi connectivity index (χ1) is 15.5. The Hall–Kier alpha value is -3.72. The van der Waals surface area contributed by atoms with E-state index in [2.05, 4.69) is 26.2 Å². The SMILES string of the molecule is C#CCOc1cnc(C(=O)Nc2cc(F)c(F)c([C@]3(C)C[C@](C)(C(N)=O)SC(N)=N3)c2)cn1. The van der Waals surface area contributed by atoms with Crippen molar-refractivity contribution < 1.29 is 23.1 Å². The zero-order valence-electron chi connectivity index (χ0n) is 17.7. The largest absolute Gasteiger partial charge is 0.463 e. The molecular weight excluding hydrogens is 454 g/mol. The molecule has 33 heavy (non-hydrogen) atoms. The highest BCUT2D eigenvalue weighted by molar-refractivity contribution is 8.15. The molecule has 0 aliphatic carbocycles. The van der Waals surface area contributed by atoms with E-state index in [1.165, 1.54) is 19.2 Å². The average molecular weight is 474 g/mol. The molecular formula is C21H20F2N6O3S. The Balaban J connectivity index is 1.92. The monoisotopic (exact) mass is 474 g/mol. The molecule has 9 nitrogen and oxygen atoms in total. The van der Waals surface area contributed by atoms with Crippen molar-refractivity contribution in [1.82, 2.24) is 9.97 Å². The molecule has 172 valence electrons. The van der Waals surface area contributed by atoms with Crippen LogP contribution in [0.25, 0.3) is 0 Å². The Morgan fingerprint density at radius 2 is 2.03 bits per heavy atom. The number of halogens is 2. The van der Waals surface area contributed by atoms with Crippen molar-refractivity contribution in [3.05, 3.63) is 47.4 Å². The Kier molecular flexibility index (Phi) is 6.55. The Morgan fingerprint density at radius 1 is 1.30 bits per heavy atom. The molecule has 2 heterocycles. The number of carbonyl (C=O) groups excluding carboxylic acids is 2. The number of primary amides is 1. The summed E-state index contributed by atoms with van der Waals surface area (Å²) in [5.41, 5.74) is 9.60. The second kappa shape index (κ2) is 9.03. The lowest BCUT2D eigenvalue weighted by Gasteiger charge is -2.39. The molecule has 1 aromatic heterocycles. The van der Waals surface area contributed by atoms with Crippen molar-refractivity contribution in [1.29, 1.82) is 0 Å². The number of aliphatic imine (C=N–C) groups is 1. The van der Waals surface area contributed by atoms with E-state index in [0.29, 0.717) is 0 Å². The highest BCUT2D eigenvalue weighted by Crippen LogP contribution is 2.46. The summed E-state index contributed by atoms with van der Waals surface area (Å²) < 4.78 is 33.2. The van der Waals surface area contributed by atoms with Crippen LogP contribution < -0.4 is 21.5 Å². The van der Waals surface area contributed by atoms with Gasteiger partial charge in [0.2, 0.25) is 11.8 Å². The van der Waals surface area contributed by atoms with Gasteiger partial charge in [-0.2, -0.15) is 0 Å². The molecule has 0 fully saturated rings. The molecule has 0 radical (unpaired) electrons. The zero-order chi connectivity index (χ0) is 24.4. The Morgan fingerprint density at radius 3 is 2.64 bits per heavy atom. The number of terminal acetylenes is 1. The van der Waals surface area contributed by atoms with E-state index >= 15 is 0 Å². The van der Waals surface area contributed by atoms with Crippen molar-refractivity contribution in [2.24, 2.45) is 16.5 Å². The van der Waals surface area contributed by atoms with Crippen LogP contribution in [0.15, 0.2) is 29.5 Å². The second-order valence-electron chi connectivity index (χ2n) is 7.60. The van der Waals surface area contributed by atoms with Crippen LogP contribution in [-0.2, 0) is 10.3 Å². The van der Waals surface area contributed by atoms with E-state index < -0.39 is 33.7 Å². The summed E-state index contributed by atoms with van der Waals surface area (Å²) in [6, 6.07) is 2.04. The van der Waals surface area contributed by atoms with Crippen molar-refractivity contribution in [3.8, 4) is 18.2 Å². The molecule has 1 aromatic carbocycles.